The van der Waals surface area contributed by atoms with Crippen LogP contribution in [0.15, 0.2) is 5.51 Å². The Balaban J connectivity index is 1.79. The molecule has 78 valence electrons. The lowest BCUT2D eigenvalue weighted by Crippen LogP contribution is -2.31. The van der Waals surface area contributed by atoms with Crippen LogP contribution in [0.5, 0.6) is 0 Å². The van der Waals surface area contributed by atoms with Gasteiger partial charge in [-0.15, -0.1) is 11.3 Å². The minimum atomic E-state index is 0.734. The van der Waals surface area contributed by atoms with Crippen molar-refractivity contribution >= 4 is 23.1 Å². The Labute approximate surface area is 93.5 Å². The molecule has 2 rings (SSSR count). The Morgan fingerprint density at radius 2 is 2.29 bits per heavy atom. The van der Waals surface area contributed by atoms with Crippen LogP contribution >= 0.6 is 23.1 Å². The number of thioether (sulfide) groups is 1. The third kappa shape index (κ3) is 2.72. The van der Waals surface area contributed by atoms with Crippen molar-refractivity contribution in [3.05, 3.63) is 16.1 Å². The van der Waals surface area contributed by atoms with Crippen molar-refractivity contribution < 1.29 is 0 Å². The largest absolute Gasteiger partial charge is 0.309 e. The fourth-order valence-corrected chi connectivity index (χ4v) is 3.47. The molecule has 14 heavy (non-hydrogen) atoms. The summed E-state index contributed by atoms with van der Waals surface area (Å²) >= 11 is 3.83. The molecule has 1 aromatic heterocycles. The summed E-state index contributed by atoms with van der Waals surface area (Å²) < 4.78 is 0. The second-order valence-electron chi connectivity index (χ2n) is 3.63. The molecule has 0 atom stereocenters. The first-order chi connectivity index (χ1) is 6.86. The predicted molar refractivity (Wildman–Crippen MR) is 64.0 cm³/mol. The topological polar surface area (TPSA) is 24.9 Å². The molecule has 1 aliphatic rings. The summed E-state index contributed by atoms with van der Waals surface area (Å²) in [5.41, 5.74) is 3.12. The highest BCUT2D eigenvalue weighted by Gasteiger charge is 2.13. The van der Waals surface area contributed by atoms with E-state index in [1.807, 2.05) is 5.51 Å². The molecule has 0 saturated carbocycles. The fraction of sp³-hybridized carbons (Fsp3) is 0.700. The van der Waals surface area contributed by atoms with Crippen LogP contribution in [0, 0.1) is 6.92 Å². The summed E-state index contributed by atoms with van der Waals surface area (Å²) in [6, 6.07) is 0.734. The van der Waals surface area contributed by atoms with Gasteiger partial charge in [0.15, 0.2) is 0 Å². The first kappa shape index (κ1) is 10.5. The number of nitrogens with one attached hydrogen (secondary N) is 1. The van der Waals surface area contributed by atoms with Crippen molar-refractivity contribution in [1.82, 2.24) is 10.3 Å². The van der Waals surface area contributed by atoms with Gasteiger partial charge in [0.05, 0.1) is 11.2 Å². The lowest BCUT2D eigenvalue weighted by atomic mass is 10.1. The highest BCUT2D eigenvalue weighted by Crippen LogP contribution is 2.18. The van der Waals surface area contributed by atoms with E-state index >= 15 is 0 Å². The van der Waals surface area contributed by atoms with Gasteiger partial charge in [-0.1, -0.05) is 0 Å². The van der Waals surface area contributed by atoms with E-state index in [0.29, 0.717) is 0 Å². The summed E-state index contributed by atoms with van der Waals surface area (Å²) in [6.45, 7) is 3.09. The molecule has 0 aliphatic carbocycles. The molecule has 1 N–H and O–H groups in total. The predicted octanol–water partition coefficient (Wildman–Crippen LogP) is 2.44. The van der Waals surface area contributed by atoms with Gasteiger partial charge in [-0.05, 0) is 31.3 Å². The monoisotopic (exact) mass is 228 g/mol. The molecule has 0 amide bonds. The van der Waals surface area contributed by atoms with Crippen molar-refractivity contribution in [2.75, 3.05) is 11.5 Å². The van der Waals surface area contributed by atoms with Crippen LogP contribution in [0.4, 0.5) is 0 Å². The first-order valence-corrected chi connectivity index (χ1v) is 7.10. The molecule has 0 unspecified atom stereocenters. The lowest BCUT2D eigenvalue weighted by molar-refractivity contribution is 0.483. The van der Waals surface area contributed by atoms with Crippen LogP contribution in [-0.4, -0.2) is 22.5 Å². The molecule has 1 aliphatic heterocycles. The van der Waals surface area contributed by atoms with Gasteiger partial charge >= 0.3 is 0 Å². The zero-order chi connectivity index (χ0) is 9.80. The van der Waals surface area contributed by atoms with Gasteiger partial charge in [0, 0.05) is 17.5 Å². The van der Waals surface area contributed by atoms with Crippen molar-refractivity contribution in [3.8, 4) is 0 Å². The second-order valence-corrected chi connectivity index (χ2v) is 5.79. The molecule has 2 heterocycles. The summed E-state index contributed by atoms with van der Waals surface area (Å²) in [7, 11) is 0. The highest BCUT2D eigenvalue weighted by atomic mass is 32.2. The average Bonchev–Trinajstić information content (AvgIpc) is 2.63. The molecule has 0 spiro atoms. The van der Waals surface area contributed by atoms with Gasteiger partial charge in [-0.2, -0.15) is 11.8 Å². The average molecular weight is 228 g/mol. The van der Waals surface area contributed by atoms with Crippen molar-refractivity contribution in [2.24, 2.45) is 0 Å². The molecule has 4 heteroatoms. The summed E-state index contributed by atoms with van der Waals surface area (Å²) in [5.74, 6) is 2.64. The Morgan fingerprint density at radius 1 is 1.50 bits per heavy atom. The van der Waals surface area contributed by atoms with Crippen molar-refractivity contribution in [1.29, 1.82) is 0 Å². The van der Waals surface area contributed by atoms with Crippen LogP contribution in [0.25, 0.3) is 0 Å². The summed E-state index contributed by atoms with van der Waals surface area (Å²) in [6.07, 6.45) is 2.64. The van der Waals surface area contributed by atoms with E-state index in [1.165, 1.54) is 34.9 Å². The zero-order valence-electron chi connectivity index (χ0n) is 8.45. The number of rotatable bonds is 3. The van der Waals surface area contributed by atoms with Gasteiger partial charge in [0.25, 0.3) is 0 Å². The lowest BCUT2D eigenvalue weighted by Gasteiger charge is -2.22. The summed E-state index contributed by atoms with van der Waals surface area (Å²) in [4.78, 5) is 5.65. The van der Waals surface area contributed by atoms with Crippen molar-refractivity contribution in [3.63, 3.8) is 0 Å². The molecule has 2 nitrogen and oxygen atoms in total. The second kappa shape index (κ2) is 5.14. The molecular weight excluding hydrogens is 212 g/mol. The number of thiazole rings is 1. The van der Waals surface area contributed by atoms with Crippen LogP contribution < -0.4 is 5.32 Å². The van der Waals surface area contributed by atoms with Crippen LogP contribution in [0.2, 0.25) is 0 Å². The third-order valence-corrected chi connectivity index (χ3v) is 4.60. The van der Waals surface area contributed by atoms with E-state index in [9.17, 15) is 0 Å². The number of nitrogens with zero attached hydrogens (tertiary/aromatic N) is 1. The normalized spacial score (nSPS) is 18.6. The Hall–Kier alpha value is -0.0600. The third-order valence-electron chi connectivity index (χ3n) is 2.62. The number of hydrogen-bond donors (Lipinski definition) is 1. The highest BCUT2D eigenvalue weighted by molar-refractivity contribution is 7.99. The van der Waals surface area contributed by atoms with Crippen molar-refractivity contribution in [2.45, 2.75) is 32.4 Å². The van der Waals surface area contributed by atoms with Gasteiger partial charge in [-0.25, -0.2) is 4.98 Å². The Bertz CT molecular complexity index is 279. The summed E-state index contributed by atoms with van der Waals surface area (Å²) in [5, 5.41) is 3.62. The van der Waals surface area contributed by atoms with E-state index < -0.39 is 0 Å². The maximum absolute atomic E-state index is 4.25. The molecular formula is C10H16N2S2. The smallest absolute Gasteiger partial charge is 0.0798 e. The minimum absolute atomic E-state index is 0.734. The van der Waals surface area contributed by atoms with Gasteiger partial charge in [0.2, 0.25) is 0 Å². The minimum Gasteiger partial charge on any atom is -0.309 e. The number of aromatic nitrogens is 1. The van der Waals surface area contributed by atoms with Crippen LogP contribution in [0.1, 0.15) is 23.4 Å². The van der Waals surface area contributed by atoms with E-state index in [2.05, 4.69) is 29.0 Å². The maximum atomic E-state index is 4.25. The molecule has 1 aromatic rings. The molecule has 0 radical (unpaired) electrons. The van der Waals surface area contributed by atoms with E-state index in [4.69, 9.17) is 0 Å². The van der Waals surface area contributed by atoms with E-state index in [1.54, 1.807) is 11.3 Å². The maximum Gasteiger partial charge on any atom is 0.0798 e. The fourth-order valence-electron chi connectivity index (χ4n) is 1.63. The SMILES string of the molecule is Cc1ncsc1CNC1CCSCC1. The van der Waals surface area contributed by atoms with Gasteiger partial charge < -0.3 is 5.32 Å². The van der Waals surface area contributed by atoms with Gasteiger partial charge in [-0.3, -0.25) is 0 Å². The number of aryl methyl sites for hydroxylation is 1. The van der Waals surface area contributed by atoms with Crippen LogP contribution in [-0.2, 0) is 6.54 Å². The molecule has 1 fully saturated rings. The Morgan fingerprint density at radius 3 is 2.93 bits per heavy atom. The van der Waals surface area contributed by atoms with E-state index in [0.717, 1.165) is 12.6 Å². The zero-order valence-corrected chi connectivity index (χ0v) is 10.1. The van der Waals surface area contributed by atoms with Gasteiger partial charge in [0.1, 0.15) is 0 Å². The standard InChI is InChI=1S/C10H16N2S2/c1-8-10(14-7-12-8)6-11-9-2-4-13-5-3-9/h7,9,11H,2-6H2,1H3. The molecule has 1 saturated heterocycles. The molecule has 0 bridgehead atoms. The first-order valence-electron chi connectivity index (χ1n) is 5.06. The van der Waals surface area contributed by atoms with Crippen LogP contribution in [0.3, 0.4) is 0 Å². The van der Waals surface area contributed by atoms with E-state index in [-0.39, 0.29) is 0 Å². The quantitative estimate of drug-likeness (QED) is 0.860. The molecule has 0 aromatic carbocycles. The number of hydrogen-bond acceptors (Lipinski definition) is 4. The Kier molecular flexibility index (Phi) is 3.84.